The van der Waals surface area contributed by atoms with E-state index >= 15 is 0 Å². The van der Waals surface area contributed by atoms with Gasteiger partial charge in [0.25, 0.3) is 5.91 Å². The summed E-state index contributed by atoms with van der Waals surface area (Å²) in [7, 11) is 0. The van der Waals surface area contributed by atoms with Crippen molar-refractivity contribution >= 4 is 11.6 Å². The van der Waals surface area contributed by atoms with Crippen LogP contribution in [0.5, 0.6) is 0 Å². The maximum atomic E-state index is 12.9. The zero-order chi connectivity index (χ0) is 13.7. The Hall–Kier alpha value is -1.45. The van der Waals surface area contributed by atoms with Gasteiger partial charge in [-0.1, -0.05) is 12.8 Å². The lowest BCUT2D eigenvalue weighted by Crippen LogP contribution is -2.40. The number of rotatable bonds is 2. The highest BCUT2D eigenvalue weighted by atomic mass is 16.2. The minimum atomic E-state index is 0.211. The van der Waals surface area contributed by atoms with Crippen molar-refractivity contribution in [3.63, 3.8) is 0 Å². The summed E-state index contributed by atoms with van der Waals surface area (Å²) in [5, 5.41) is 0. The first-order valence-electron chi connectivity index (χ1n) is 8.02. The number of amides is 1. The molecule has 4 rings (SSSR count). The number of fused-ring (bicyclic) bond motifs is 1. The van der Waals surface area contributed by atoms with Crippen LogP contribution in [0, 0.1) is 5.92 Å². The molecule has 0 radical (unpaired) electrons. The number of hydrogen-bond acceptors (Lipinski definition) is 2. The Kier molecular flexibility index (Phi) is 2.79. The third-order valence-corrected chi connectivity index (χ3v) is 5.30. The number of carbonyl (C=O) groups excluding carboxylic acids is 1. The van der Waals surface area contributed by atoms with Gasteiger partial charge < -0.3 is 15.2 Å². The van der Waals surface area contributed by atoms with E-state index in [1.54, 1.807) is 0 Å². The number of anilines is 1. The Labute approximate surface area is 119 Å². The van der Waals surface area contributed by atoms with Crippen LogP contribution in [-0.4, -0.2) is 28.0 Å². The first-order valence-corrected chi connectivity index (χ1v) is 8.02. The number of nitrogens with zero attached hydrogens (tertiary/aromatic N) is 2. The Balaban J connectivity index is 1.60. The van der Waals surface area contributed by atoms with Gasteiger partial charge in [-0.2, -0.15) is 0 Å². The second-order valence-corrected chi connectivity index (χ2v) is 6.70. The van der Waals surface area contributed by atoms with E-state index in [0.29, 0.717) is 12.1 Å². The Morgan fingerprint density at radius 1 is 1.15 bits per heavy atom. The third-order valence-electron chi connectivity index (χ3n) is 5.30. The molecule has 2 heterocycles. The fraction of sp³-hybridized carbons (Fsp3) is 0.688. The summed E-state index contributed by atoms with van der Waals surface area (Å²) in [5.41, 5.74) is 7.46. The summed E-state index contributed by atoms with van der Waals surface area (Å²) in [5.74, 6) is 0.956. The van der Waals surface area contributed by atoms with Gasteiger partial charge in [0.05, 0.1) is 5.69 Å². The van der Waals surface area contributed by atoms with Crippen LogP contribution in [-0.2, 0) is 0 Å². The van der Waals surface area contributed by atoms with Crippen LogP contribution in [0.1, 0.15) is 61.5 Å². The smallest absolute Gasteiger partial charge is 0.270 e. The molecule has 1 amide bonds. The predicted molar refractivity (Wildman–Crippen MR) is 78.5 cm³/mol. The summed E-state index contributed by atoms with van der Waals surface area (Å²) in [6, 6.07) is 2.87. The van der Waals surface area contributed by atoms with Crippen molar-refractivity contribution < 1.29 is 4.79 Å². The largest absolute Gasteiger partial charge is 0.397 e. The van der Waals surface area contributed by atoms with Crippen LogP contribution in [0.4, 0.5) is 5.69 Å². The highest BCUT2D eigenvalue weighted by Gasteiger charge is 2.40. The summed E-state index contributed by atoms with van der Waals surface area (Å²) in [4.78, 5) is 15.1. The molecule has 2 N–H and O–H groups in total. The first-order chi connectivity index (χ1) is 9.74. The summed E-state index contributed by atoms with van der Waals surface area (Å²) >= 11 is 0. The van der Waals surface area contributed by atoms with Gasteiger partial charge in [0, 0.05) is 24.8 Å². The van der Waals surface area contributed by atoms with E-state index in [4.69, 9.17) is 5.73 Å². The molecule has 2 saturated carbocycles. The zero-order valence-corrected chi connectivity index (χ0v) is 11.9. The van der Waals surface area contributed by atoms with Crippen LogP contribution in [0.3, 0.4) is 0 Å². The molecule has 108 valence electrons. The van der Waals surface area contributed by atoms with E-state index < -0.39 is 0 Å². The van der Waals surface area contributed by atoms with Crippen LogP contribution in [0.15, 0.2) is 12.3 Å². The maximum absolute atomic E-state index is 12.9. The number of aromatic nitrogens is 1. The lowest BCUT2D eigenvalue weighted by Gasteiger charge is -2.31. The monoisotopic (exact) mass is 273 g/mol. The molecule has 4 nitrogen and oxygen atoms in total. The highest BCUT2D eigenvalue weighted by molar-refractivity contribution is 5.94. The van der Waals surface area contributed by atoms with E-state index in [1.807, 2.05) is 12.3 Å². The van der Waals surface area contributed by atoms with Gasteiger partial charge in [0.1, 0.15) is 5.69 Å². The van der Waals surface area contributed by atoms with E-state index in [0.717, 1.165) is 23.8 Å². The van der Waals surface area contributed by atoms with Crippen LogP contribution in [0.25, 0.3) is 0 Å². The fourth-order valence-corrected chi connectivity index (χ4v) is 4.13. The van der Waals surface area contributed by atoms with Gasteiger partial charge in [-0.25, -0.2) is 0 Å². The third kappa shape index (κ3) is 1.93. The zero-order valence-electron chi connectivity index (χ0n) is 11.9. The Morgan fingerprint density at radius 2 is 1.95 bits per heavy atom. The molecule has 2 atom stereocenters. The van der Waals surface area contributed by atoms with Crippen molar-refractivity contribution in [2.45, 2.75) is 57.0 Å². The summed E-state index contributed by atoms with van der Waals surface area (Å²) in [6.07, 6.45) is 10.6. The highest BCUT2D eigenvalue weighted by Crippen LogP contribution is 2.40. The fourth-order valence-electron chi connectivity index (χ4n) is 4.13. The molecule has 4 heteroatoms. The molecule has 3 fully saturated rings. The molecule has 1 aromatic heterocycles. The lowest BCUT2D eigenvalue weighted by atomic mass is 9.85. The second-order valence-electron chi connectivity index (χ2n) is 6.70. The van der Waals surface area contributed by atoms with E-state index in [1.165, 1.54) is 44.9 Å². The van der Waals surface area contributed by atoms with Gasteiger partial charge in [-0.05, 0) is 44.1 Å². The van der Waals surface area contributed by atoms with Gasteiger partial charge >= 0.3 is 0 Å². The Morgan fingerprint density at radius 3 is 2.75 bits per heavy atom. The number of likely N-dealkylation sites (tertiary alicyclic amines) is 1. The molecule has 2 unspecified atom stereocenters. The minimum Gasteiger partial charge on any atom is -0.397 e. The molecule has 2 aliphatic carbocycles. The number of carbonyl (C=O) groups is 1. The van der Waals surface area contributed by atoms with Crippen LogP contribution < -0.4 is 5.73 Å². The van der Waals surface area contributed by atoms with Gasteiger partial charge in [-0.15, -0.1) is 0 Å². The van der Waals surface area contributed by atoms with E-state index in [9.17, 15) is 4.79 Å². The second kappa shape index (κ2) is 4.54. The molecular weight excluding hydrogens is 250 g/mol. The van der Waals surface area contributed by atoms with E-state index in [-0.39, 0.29) is 5.91 Å². The van der Waals surface area contributed by atoms with Crippen molar-refractivity contribution in [3.8, 4) is 0 Å². The molecular formula is C16H23N3O. The summed E-state index contributed by atoms with van der Waals surface area (Å²) < 4.78 is 2.12. The van der Waals surface area contributed by atoms with Gasteiger partial charge in [0.2, 0.25) is 0 Å². The maximum Gasteiger partial charge on any atom is 0.270 e. The molecule has 0 aromatic carbocycles. The van der Waals surface area contributed by atoms with Crippen molar-refractivity contribution in [2.75, 3.05) is 12.3 Å². The predicted octanol–water partition coefficient (Wildman–Crippen LogP) is 2.81. The number of hydrogen-bond donors (Lipinski definition) is 1. The van der Waals surface area contributed by atoms with Crippen LogP contribution in [0.2, 0.25) is 0 Å². The van der Waals surface area contributed by atoms with Crippen LogP contribution >= 0.6 is 0 Å². The average Bonchev–Trinajstić information content (AvgIpc) is 3.09. The van der Waals surface area contributed by atoms with Crippen molar-refractivity contribution in [1.29, 1.82) is 0 Å². The Bertz CT molecular complexity index is 532. The van der Waals surface area contributed by atoms with E-state index in [2.05, 4.69) is 9.47 Å². The van der Waals surface area contributed by atoms with Gasteiger partial charge in [-0.3, -0.25) is 4.79 Å². The quantitative estimate of drug-likeness (QED) is 0.900. The average molecular weight is 273 g/mol. The first kappa shape index (κ1) is 12.3. The normalized spacial score (nSPS) is 29.5. The molecule has 0 spiro atoms. The molecule has 3 aliphatic rings. The van der Waals surface area contributed by atoms with Crippen molar-refractivity contribution in [3.05, 3.63) is 18.0 Å². The number of nitrogens with two attached hydrogens (primary N) is 1. The lowest BCUT2D eigenvalue weighted by molar-refractivity contribution is 0.0679. The van der Waals surface area contributed by atoms with Crippen molar-refractivity contribution in [1.82, 2.24) is 9.47 Å². The van der Waals surface area contributed by atoms with Crippen molar-refractivity contribution in [2.24, 2.45) is 5.92 Å². The molecule has 1 aromatic rings. The SMILES string of the molecule is Nc1cc(C(=O)N2CCC3CCCCC32)n(C2CC2)c1. The topological polar surface area (TPSA) is 51.3 Å². The standard InChI is InChI=1S/C16H23N3O/c17-12-9-15(19(10-12)13-5-6-13)16(20)18-8-7-11-3-1-2-4-14(11)18/h9-11,13-14H,1-8,17H2. The molecule has 1 saturated heterocycles. The summed E-state index contributed by atoms with van der Waals surface area (Å²) in [6.45, 7) is 0.934. The molecule has 0 bridgehead atoms. The number of nitrogen functional groups attached to an aromatic ring is 1. The van der Waals surface area contributed by atoms with Gasteiger partial charge in [0.15, 0.2) is 0 Å². The minimum absolute atomic E-state index is 0.211. The molecule has 1 aliphatic heterocycles. The molecule has 20 heavy (non-hydrogen) atoms.